The van der Waals surface area contributed by atoms with Crippen molar-refractivity contribution in [3.63, 3.8) is 0 Å². The molecule has 3 rings (SSSR count). The summed E-state index contributed by atoms with van der Waals surface area (Å²) in [5.41, 5.74) is 1.80. The van der Waals surface area contributed by atoms with E-state index in [0.717, 1.165) is 0 Å². The topological polar surface area (TPSA) is 66.0 Å². The minimum Gasteiger partial charge on any atom is -0.478 e. The number of H-pyrrole nitrogens is 1. The van der Waals surface area contributed by atoms with E-state index in [1.54, 1.807) is 24.3 Å². The number of para-hydroxylation sites is 1. The lowest BCUT2D eigenvalue weighted by molar-refractivity contribution is 0.0697. The molecule has 0 fully saturated rings. The third-order valence-electron chi connectivity index (χ3n) is 2.87. The zero-order chi connectivity index (χ0) is 13.4. The van der Waals surface area contributed by atoms with Crippen molar-refractivity contribution >= 4 is 17.0 Å². The first-order valence-corrected chi connectivity index (χ1v) is 5.63. The van der Waals surface area contributed by atoms with Gasteiger partial charge in [-0.05, 0) is 24.3 Å². The SMILES string of the molecule is O=C(O)c1ccc(-c2nc3c(F)cccc3[nH]2)cc1. The molecule has 0 saturated carbocycles. The molecule has 19 heavy (non-hydrogen) atoms. The molecule has 2 aromatic carbocycles. The van der Waals surface area contributed by atoms with Gasteiger partial charge in [0.1, 0.15) is 11.3 Å². The van der Waals surface area contributed by atoms with Gasteiger partial charge in [0.25, 0.3) is 0 Å². The van der Waals surface area contributed by atoms with E-state index in [-0.39, 0.29) is 16.9 Å². The van der Waals surface area contributed by atoms with Gasteiger partial charge in [-0.25, -0.2) is 14.2 Å². The maximum Gasteiger partial charge on any atom is 0.335 e. The number of nitrogens with zero attached hydrogens (tertiary/aromatic N) is 1. The van der Waals surface area contributed by atoms with E-state index in [9.17, 15) is 9.18 Å². The van der Waals surface area contributed by atoms with Crippen LogP contribution in [0, 0.1) is 5.82 Å². The second-order valence-electron chi connectivity index (χ2n) is 4.10. The molecule has 94 valence electrons. The van der Waals surface area contributed by atoms with Gasteiger partial charge in [0.15, 0.2) is 5.82 Å². The Balaban J connectivity index is 2.09. The quantitative estimate of drug-likeness (QED) is 0.740. The van der Waals surface area contributed by atoms with Crippen molar-refractivity contribution in [2.24, 2.45) is 0 Å². The third kappa shape index (κ3) is 1.95. The minimum atomic E-state index is -0.984. The Kier molecular flexibility index (Phi) is 2.52. The van der Waals surface area contributed by atoms with E-state index in [1.165, 1.54) is 18.2 Å². The molecular formula is C14H9FN2O2. The lowest BCUT2D eigenvalue weighted by atomic mass is 10.1. The molecule has 5 heteroatoms. The number of carbonyl (C=O) groups is 1. The number of benzene rings is 2. The number of nitrogens with one attached hydrogen (secondary N) is 1. The second kappa shape index (κ2) is 4.20. The number of hydrogen-bond acceptors (Lipinski definition) is 2. The smallest absolute Gasteiger partial charge is 0.335 e. The fourth-order valence-electron chi connectivity index (χ4n) is 1.90. The summed E-state index contributed by atoms with van der Waals surface area (Å²) in [5.74, 6) is -0.860. The highest BCUT2D eigenvalue weighted by molar-refractivity contribution is 5.88. The van der Waals surface area contributed by atoms with Crippen molar-refractivity contribution in [3.8, 4) is 11.4 Å². The predicted molar refractivity (Wildman–Crippen MR) is 68.4 cm³/mol. The molecule has 1 heterocycles. The van der Waals surface area contributed by atoms with Crippen molar-refractivity contribution in [1.29, 1.82) is 0 Å². The zero-order valence-corrected chi connectivity index (χ0v) is 9.72. The summed E-state index contributed by atoms with van der Waals surface area (Å²) in [7, 11) is 0. The van der Waals surface area contributed by atoms with Crippen LogP contribution < -0.4 is 0 Å². The highest BCUT2D eigenvalue weighted by Gasteiger charge is 2.09. The van der Waals surface area contributed by atoms with Gasteiger partial charge in [0.2, 0.25) is 0 Å². The Morgan fingerprint density at radius 2 is 1.89 bits per heavy atom. The van der Waals surface area contributed by atoms with Crippen LogP contribution in [-0.4, -0.2) is 21.0 Å². The standard InChI is InChI=1S/C14H9FN2O2/c15-10-2-1-3-11-12(10)17-13(16-11)8-4-6-9(7-5-8)14(18)19/h1-7H,(H,16,17)(H,18,19). The molecule has 0 amide bonds. The van der Waals surface area contributed by atoms with E-state index in [0.29, 0.717) is 16.9 Å². The minimum absolute atomic E-state index is 0.200. The van der Waals surface area contributed by atoms with Gasteiger partial charge >= 0.3 is 5.97 Å². The third-order valence-corrected chi connectivity index (χ3v) is 2.87. The van der Waals surface area contributed by atoms with Gasteiger partial charge in [0.05, 0.1) is 11.1 Å². The Bertz CT molecular complexity index is 763. The van der Waals surface area contributed by atoms with E-state index in [1.807, 2.05) is 0 Å². The number of fused-ring (bicyclic) bond motifs is 1. The summed E-state index contributed by atoms with van der Waals surface area (Å²) in [6.45, 7) is 0. The maximum absolute atomic E-state index is 13.5. The molecule has 0 unspecified atom stereocenters. The molecule has 3 aromatic rings. The molecular weight excluding hydrogens is 247 g/mol. The Morgan fingerprint density at radius 1 is 1.16 bits per heavy atom. The second-order valence-corrected chi connectivity index (χ2v) is 4.10. The van der Waals surface area contributed by atoms with Crippen LogP contribution >= 0.6 is 0 Å². The summed E-state index contributed by atoms with van der Waals surface area (Å²) in [5, 5.41) is 8.82. The first-order valence-electron chi connectivity index (χ1n) is 5.63. The first-order chi connectivity index (χ1) is 9.15. The molecule has 0 radical (unpaired) electrons. The van der Waals surface area contributed by atoms with Crippen LogP contribution in [0.5, 0.6) is 0 Å². The predicted octanol–water partition coefficient (Wildman–Crippen LogP) is 3.07. The highest BCUT2D eigenvalue weighted by Crippen LogP contribution is 2.22. The van der Waals surface area contributed by atoms with E-state index in [4.69, 9.17) is 5.11 Å². The lowest BCUT2D eigenvalue weighted by Gasteiger charge is -1.97. The number of aromatic carboxylic acids is 1. The number of halogens is 1. The van der Waals surface area contributed by atoms with E-state index in [2.05, 4.69) is 9.97 Å². The average molecular weight is 256 g/mol. The van der Waals surface area contributed by atoms with Crippen molar-refractivity contribution in [1.82, 2.24) is 9.97 Å². The van der Waals surface area contributed by atoms with Gasteiger partial charge < -0.3 is 10.1 Å². The average Bonchev–Trinajstić information content (AvgIpc) is 2.84. The van der Waals surface area contributed by atoms with Crippen LogP contribution in [0.4, 0.5) is 4.39 Å². The van der Waals surface area contributed by atoms with Gasteiger partial charge in [-0.2, -0.15) is 0 Å². The van der Waals surface area contributed by atoms with Gasteiger partial charge in [-0.15, -0.1) is 0 Å². The van der Waals surface area contributed by atoms with Crippen LogP contribution in [0.15, 0.2) is 42.5 Å². The number of carboxylic acid groups (broad SMARTS) is 1. The number of aromatic nitrogens is 2. The monoisotopic (exact) mass is 256 g/mol. The largest absolute Gasteiger partial charge is 0.478 e. The molecule has 0 aliphatic rings. The fourth-order valence-corrected chi connectivity index (χ4v) is 1.90. The molecule has 4 nitrogen and oxygen atoms in total. The Labute approximate surface area is 107 Å². The fraction of sp³-hybridized carbons (Fsp3) is 0. The van der Waals surface area contributed by atoms with Crippen molar-refractivity contribution in [3.05, 3.63) is 53.8 Å². The van der Waals surface area contributed by atoms with Crippen molar-refractivity contribution < 1.29 is 14.3 Å². The number of imidazole rings is 1. The Hall–Kier alpha value is -2.69. The summed E-state index contributed by atoms with van der Waals surface area (Å²) in [6.07, 6.45) is 0. The molecule has 0 saturated heterocycles. The Morgan fingerprint density at radius 3 is 2.53 bits per heavy atom. The van der Waals surface area contributed by atoms with Crippen LogP contribution in [-0.2, 0) is 0 Å². The van der Waals surface area contributed by atoms with Crippen LogP contribution in [0.1, 0.15) is 10.4 Å². The highest BCUT2D eigenvalue weighted by atomic mass is 19.1. The van der Waals surface area contributed by atoms with E-state index >= 15 is 0 Å². The summed E-state index contributed by atoms with van der Waals surface area (Å²) in [4.78, 5) is 17.9. The molecule has 2 N–H and O–H groups in total. The van der Waals surface area contributed by atoms with Crippen LogP contribution in [0.3, 0.4) is 0 Å². The normalized spacial score (nSPS) is 10.8. The van der Waals surface area contributed by atoms with E-state index < -0.39 is 5.97 Å². The number of aromatic amines is 1. The van der Waals surface area contributed by atoms with Crippen molar-refractivity contribution in [2.75, 3.05) is 0 Å². The first kappa shape index (κ1) is 11.4. The number of carboxylic acids is 1. The molecule has 0 bridgehead atoms. The maximum atomic E-state index is 13.5. The van der Waals surface area contributed by atoms with Gasteiger partial charge in [-0.3, -0.25) is 0 Å². The number of rotatable bonds is 2. The summed E-state index contributed by atoms with van der Waals surface area (Å²) < 4.78 is 13.5. The lowest BCUT2D eigenvalue weighted by Crippen LogP contribution is -1.95. The molecule has 0 spiro atoms. The zero-order valence-electron chi connectivity index (χ0n) is 9.72. The molecule has 0 aliphatic heterocycles. The van der Waals surface area contributed by atoms with Crippen LogP contribution in [0.2, 0.25) is 0 Å². The number of hydrogen-bond donors (Lipinski definition) is 2. The summed E-state index contributed by atoms with van der Waals surface area (Å²) in [6, 6.07) is 10.9. The molecule has 1 aromatic heterocycles. The summed E-state index contributed by atoms with van der Waals surface area (Å²) >= 11 is 0. The van der Waals surface area contributed by atoms with Gasteiger partial charge in [0, 0.05) is 5.56 Å². The van der Waals surface area contributed by atoms with Gasteiger partial charge in [-0.1, -0.05) is 18.2 Å². The molecule has 0 atom stereocenters. The molecule has 0 aliphatic carbocycles. The van der Waals surface area contributed by atoms with Crippen LogP contribution in [0.25, 0.3) is 22.4 Å². The van der Waals surface area contributed by atoms with Crippen molar-refractivity contribution in [2.45, 2.75) is 0 Å².